The minimum absolute atomic E-state index is 0.0476. The number of hydrogen-bond donors (Lipinski definition) is 1. The van der Waals surface area contributed by atoms with Gasteiger partial charge in [0, 0.05) is 36.9 Å². The Morgan fingerprint density at radius 2 is 1.70 bits per heavy atom. The van der Waals surface area contributed by atoms with Crippen LogP contribution < -0.4 is 10.2 Å². The highest BCUT2D eigenvalue weighted by atomic mass is 16.2. The number of hydrogen-bond acceptors (Lipinski definition) is 2. The highest BCUT2D eigenvalue weighted by Gasteiger charge is 2.31. The average Bonchev–Trinajstić information content (AvgIpc) is 2.38. The van der Waals surface area contributed by atoms with E-state index in [1.54, 1.807) is 0 Å². The van der Waals surface area contributed by atoms with Crippen molar-refractivity contribution in [3.05, 3.63) is 30.3 Å². The summed E-state index contributed by atoms with van der Waals surface area (Å²) in [6.45, 7) is 9.86. The Labute approximate surface area is 121 Å². The second-order valence-electron chi connectivity index (χ2n) is 5.95. The van der Waals surface area contributed by atoms with Crippen LogP contribution in [0.3, 0.4) is 0 Å². The molecule has 2 rings (SSSR count). The molecule has 2 atom stereocenters. The summed E-state index contributed by atoms with van der Waals surface area (Å²) in [5, 5.41) is 2.98. The van der Waals surface area contributed by atoms with E-state index >= 15 is 0 Å². The first-order chi connectivity index (χ1) is 9.49. The van der Waals surface area contributed by atoms with Crippen LogP contribution in [0.4, 0.5) is 10.5 Å². The zero-order valence-electron chi connectivity index (χ0n) is 12.8. The number of nitrogens with zero attached hydrogens (tertiary/aromatic N) is 2. The Morgan fingerprint density at radius 3 is 2.20 bits per heavy atom. The number of para-hydroxylation sites is 1. The van der Waals surface area contributed by atoms with Gasteiger partial charge < -0.3 is 15.1 Å². The molecule has 1 aromatic carbocycles. The maximum atomic E-state index is 12.1. The van der Waals surface area contributed by atoms with Crippen molar-refractivity contribution in [3.63, 3.8) is 0 Å². The molecule has 1 aliphatic rings. The van der Waals surface area contributed by atoms with Gasteiger partial charge in [-0.25, -0.2) is 4.79 Å². The number of carbonyl (C=O) groups is 1. The predicted molar refractivity (Wildman–Crippen MR) is 83.1 cm³/mol. The van der Waals surface area contributed by atoms with Gasteiger partial charge in [-0.1, -0.05) is 18.2 Å². The first kappa shape index (κ1) is 14.7. The normalized spacial score (nSPS) is 23.1. The van der Waals surface area contributed by atoms with Gasteiger partial charge in [0.05, 0.1) is 0 Å². The summed E-state index contributed by atoms with van der Waals surface area (Å²) in [6, 6.07) is 11.3. The van der Waals surface area contributed by atoms with Crippen molar-refractivity contribution >= 4 is 11.7 Å². The lowest BCUT2D eigenvalue weighted by Crippen LogP contribution is -2.60. The van der Waals surface area contributed by atoms with Crippen molar-refractivity contribution in [2.75, 3.05) is 18.0 Å². The number of piperazine rings is 1. The van der Waals surface area contributed by atoms with Crippen LogP contribution in [0.15, 0.2) is 30.3 Å². The molecule has 1 saturated heterocycles. The minimum atomic E-state index is 0.0476. The molecule has 0 aliphatic carbocycles. The fourth-order valence-electron chi connectivity index (χ4n) is 2.94. The van der Waals surface area contributed by atoms with Crippen LogP contribution in [0.1, 0.15) is 27.7 Å². The summed E-state index contributed by atoms with van der Waals surface area (Å²) in [5.41, 5.74) is 1.23. The number of benzene rings is 1. The Kier molecular flexibility index (Phi) is 4.53. The number of carbonyl (C=O) groups excluding carboxylic acids is 1. The maximum absolute atomic E-state index is 12.1. The van der Waals surface area contributed by atoms with Gasteiger partial charge in [0.2, 0.25) is 0 Å². The highest BCUT2D eigenvalue weighted by Crippen LogP contribution is 2.24. The standard InChI is InChI=1S/C16H25N3O/c1-12(2)17-16(20)18-10-13(3)19(14(4)11-18)15-8-6-5-7-9-15/h5-9,12-14H,10-11H2,1-4H3,(H,17,20). The Balaban J connectivity index is 2.07. The molecule has 110 valence electrons. The summed E-state index contributed by atoms with van der Waals surface area (Å²) < 4.78 is 0. The maximum Gasteiger partial charge on any atom is 0.317 e. The summed E-state index contributed by atoms with van der Waals surface area (Å²) in [4.78, 5) is 16.5. The molecule has 1 heterocycles. The van der Waals surface area contributed by atoms with E-state index in [4.69, 9.17) is 0 Å². The van der Waals surface area contributed by atoms with E-state index in [2.05, 4.69) is 48.3 Å². The molecule has 0 radical (unpaired) electrons. The monoisotopic (exact) mass is 275 g/mol. The van der Waals surface area contributed by atoms with Crippen molar-refractivity contribution in [1.29, 1.82) is 0 Å². The molecule has 2 amide bonds. The first-order valence-corrected chi connectivity index (χ1v) is 7.38. The number of rotatable bonds is 2. The third-order valence-corrected chi connectivity index (χ3v) is 3.67. The van der Waals surface area contributed by atoms with Gasteiger partial charge in [0.15, 0.2) is 0 Å². The lowest BCUT2D eigenvalue weighted by atomic mass is 10.1. The molecule has 20 heavy (non-hydrogen) atoms. The van der Waals surface area contributed by atoms with Gasteiger partial charge in [-0.3, -0.25) is 0 Å². The molecule has 1 aromatic rings. The number of nitrogens with one attached hydrogen (secondary N) is 1. The minimum Gasteiger partial charge on any atom is -0.363 e. The molecule has 4 heteroatoms. The zero-order chi connectivity index (χ0) is 14.7. The molecule has 1 N–H and O–H groups in total. The van der Waals surface area contributed by atoms with Gasteiger partial charge in [-0.2, -0.15) is 0 Å². The van der Waals surface area contributed by atoms with Gasteiger partial charge in [0.25, 0.3) is 0 Å². The van der Waals surface area contributed by atoms with E-state index in [0.29, 0.717) is 12.1 Å². The largest absolute Gasteiger partial charge is 0.363 e. The highest BCUT2D eigenvalue weighted by molar-refractivity contribution is 5.75. The van der Waals surface area contributed by atoms with Crippen LogP contribution in [0.2, 0.25) is 0 Å². The topological polar surface area (TPSA) is 35.6 Å². The van der Waals surface area contributed by atoms with Crippen molar-refractivity contribution in [2.24, 2.45) is 0 Å². The average molecular weight is 275 g/mol. The molecular weight excluding hydrogens is 250 g/mol. The molecular formula is C16H25N3O. The Bertz CT molecular complexity index is 434. The smallest absolute Gasteiger partial charge is 0.317 e. The molecule has 1 aliphatic heterocycles. The van der Waals surface area contributed by atoms with Crippen molar-refractivity contribution < 1.29 is 4.79 Å². The second kappa shape index (κ2) is 6.16. The quantitative estimate of drug-likeness (QED) is 0.900. The van der Waals surface area contributed by atoms with Crippen LogP contribution in [0.5, 0.6) is 0 Å². The lowest BCUT2D eigenvalue weighted by molar-refractivity contribution is 0.174. The third kappa shape index (κ3) is 3.24. The lowest BCUT2D eigenvalue weighted by Gasteiger charge is -2.46. The molecule has 1 fully saturated rings. The van der Waals surface area contributed by atoms with Gasteiger partial charge in [-0.15, -0.1) is 0 Å². The van der Waals surface area contributed by atoms with E-state index in [9.17, 15) is 4.79 Å². The van der Waals surface area contributed by atoms with Gasteiger partial charge in [-0.05, 0) is 39.8 Å². The van der Waals surface area contributed by atoms with E-state index in [0.717, 1.165) is 13.1 Å². The Morgan fingerprint density at radius 1 is 1.15 bits per heavy atom. The number of amides is 2. The van der Waals surface area contributed by atoms with Crippen LogP contribution in [-0.2, 0) is 0 Å². The second-order valence-corrected chi connectivity index (χ2v) is 5.95. The fraction of sp³-hybridized carbons (Fsp3) is 0.562. The number of anilines is 1. The molecule has 0 saturated carbocycles. The van der Waals surface area contributed by atoms with E-state index in [1.807, 2.05) is 24.8 Å². The summed E-state index contributed by atoms with van der Waals surface area (Å²) in [5.74, 6) is 0. The van der Waals surface area contributed by atoms with Crippen LogP contribution in [-0.4, -0.2) is 42.1 Å². The summed E-state index contributed by atoms with van der Waals surface area (Å²) >= 11 is 0. The predicted octanol–water partition coefficient (Wildman–Crippen LogP) is 2.70. The van der Waals surface area contributed by atoms with E-state index in [1.165, 1.54) is 5.69 Å². The summed E-state index contributed by atoms with van der Waals surface area (Å²) in [6.07, 6.45) is 0. The van der Waals surface area contributed by atoms with E-state index in [-0.39, 0.29) is 12.1 Å². The SMILES string of the molecule is CC(C)NC(=O)N1CC(C)N(c2ccccc2)C(C)C1. The molecule has 0 spiro atoms. The van der Waals surface area contributed by atoms with Crippen LogP contribution in [0, 0.1) is 0 Å². The number of urea groups is 1. The van der Waals surface area contributed by atoms with Gasteiger partial charge >= 0.3 is 6.03 Å². The van der Waals surface area contributed by atoms with E-state index < -0.39 is 0 Å². The Hall–Kier alpha value is -1.71. The first-order valence-electron chi connectivity index (χ1n) is 7.38. The molecule has 2 unspecified atom stereocenters. The van der Waals surface area contributed by atoms with Crippen molar-refractivity contribution in [2.45, 2.75) is 45.8 Å². The zero-order valence-corrected chi connectivity index (χ0v) is 12.8. The van der Waals surface area contributed by atoms with Gasteiger partial charge in [0.1, 0.15) is 0 Å². The van der Waals surface area contributed by atoms with Crippen LogP contribution in [0.25, 0.3) is 0 Å². The molecule has 0 aromatic heterocycles. The summed E-state index contributed by atoms with van der Waals surface area (Å²) in [7, 11) is 0. The molecule has 0 bridgehead atoms. The third-order valence-electron chi connectivity index (χ3n) is 3.67. The van der Waals surface area contributed by atoms with Crippen LogP contribution >= 0.6 is 0 Å². The fourth-order valence-corrected chi connectivity index (χ4v) is 2.94. The van der Waals surface area contributed by atoms with Crippen molar-refractivity contribution in [3.8, 4) is 0 Å². The van der Waals surface area contributed by atoms with Crippen molar-refractivity contribution in [1.82, 2.24) is 10.2 Å². The molecule has 4 nitrogen and oxygen atoms in total.